The summed E-state index contributed by atoms with van der Waals surface area (Å²) in [6.45, 7) is 9.40. The van der Waals surface area contributed by atoms with Crippen LogP contribution in [0, 0.1) is 6.92 Å². The third-order valence-electron chi connectivity index (χ3n) is 6.17. The fourth-order valence-electron chi connectivity index (χ4n) is 4.48. The molecule has 2 aromatic rings. The quantitative estimate of drug-likeness (QED) is 0.634. The Morgan fingerprint density at radius 1 is 1.06 bits per heavy atom. The molecule has 0 saturated carbocycles. The molecule has 10 heteroatoms. The van der Waals surface area contributed by atoms with Crippen molar-refractivity contribution in [1.29, 1.82) is 0 Å². The van der Waals surface area contributed by atoms with E-state index in [-0.39, 0.29) is 29.1 Å². The molecule has 3 heterocycles. The Morgan fingerprint density at radius 2 is 1.71 bits per heavy atom. The number of sulfonamides is 1. The van der Waals surface area contributed by atoms with Crippen LogP contribution in [0.3, 0.4) is 0 Å². The molecule has 2 fully saturated rings. The molecule has 0 bridgehead atoms. The van der Waals surface area contributed by atoms with Gasteiger partial charge >= 0.3 is 0 Å². The average Bonchev–Trinajstić information content (AvgIpc) is 3.25. The van der Waals surface area contributed by atoms with Gasteiger partial charge in [0.15, 0.2) is 0 Å². The summed E-state index contributed by atoms with van der Waals surface area (Å²) >= 11 is 0. The molecule has 1 amide bonds. The predicted molar refractivity (Wildman–Crippen MR) is 126 cm³/mol. The summed E-state index contributed by atoms with van der Waals surface area (Å²) in [5.41, 5.74) is 0.402. The first-order valence-corrected chi connectivity index (χ1v) is 13.1. The highest BCUT2D eigenvalue weighted by Crippen LogP contribution is 2.24. The zero-order chi connectivity index (χ0) is 24.3. The molecule has 2 aliphatic rings. The molecule has 2 saturated heterocycles. The third kappa shape index (κ3) is 5.69. The molecule has 3 atom stereocenters. The summed E-state index contributed by atoms with van der Waals surface area (Å²) in [7, 11) is -3.65. The van der Waals surface area contributed by atoms with Gasteiger partial charge in [0, 0.05) is 38.3 Å². The van der Waals surface area contributed by atoms with E-state index in [0.29, 0.717) is 38.4 Å². The van der Waals surface area contributed by atoms with Gasteiger partial charge in [-0.05, 0) is 57.2 Å². The average molecular weight is 492 g/mol. The highest BCUT2D eigenvalue weighted by Gasteiger charge is 2.32. The fraction of sp³-hybridized carbons (Fsp3) is 0.542. The Balaban J connectivity index is 1.42. The maximum atomic E-state index is 13.1. The number of benzene rings is 1. The van der Waals surface area contributed by atoms with Gasteiger partial charge in [-0.25, -0.2) is 8.42 Å². The molecule has 0 aliphatic carbocycles. The molecule has 1 aromatic carbocycles. The Hall–Kier alpha value is -2.24. The van der Waals surface area contributed by atoms with Gasteiger partial charge < -0.3 is 19.2 Å². The predicted octanol–water partition coefficient (Wildman–Crippen LogP) is 2.19. The number of furan rings is 1. The number of ether oxygens (including phenoxy) is 2. The minimum Gasteiger partial charge on any atom is -0.465 e. The number of morpholine rings is 2. The van der Waals surface area contributed by atoms with E-state index in [9.17, 15) is 13.2 Å². The van der Waals surface area contributed by atoms with Crippen LogP contribution in [0.5, 0.6) is 0 Å². The van der Waals surface area contributed by atoms with Crippen LogP contribution in [0.2, 0.25) is 0 Å². The fourth-order valence-corrected chi connectivity index (χ4v) is 6.07. The Kier molecular flexibility index (Phi) is 7.73. The molecule has 0 unspecified atom stereocenters. The van der Waals surface area contributed by atoms with E-state index in [0.717, 1.165) is 24.6 Å². The van der Waals surface area contributed by atoms with Gasteiger partial charge in [-0.1, -0.05) is 0 Å². The number of amides is 1. The minimum absolute atomic E-state index is 0.105. The maximum absolute atomic E-state index is 13.1. The van der Waals surface area contributed by atoms with Crippen molar-refractivity contribution in [1.82, 2.24) is 14.5 Å². The van der Waals surface area contributed by atoms with Gasteiger partial charge in [-0.2, -0.15) is 4.31 Å². The van der Waals surface area contributed by atoms with Crippen molar-refractivity contribution in [3.05, 3.63) is 53.5 Å². The summed E-state index contributed by atoms with van der Waals surface area (Å²) < 4.78 is 44.5. The lowest BCUT2D eigenvalue weighted by atomic mass is 10.1. The van der Waals surface area contributed by atoms with Crippen LogP contribution < -0.4 is 5.32 Å². The van der Waals surface area contributed by atoms with Crippen molar-refractivity contribution in [3.8, 4) is 0 Å². The van der Waals surface area contributed by atoms with Gasteiger partial charge in [0.1, 0.15) is 11.5 Å². The highest BCUT2D eigenvalue weighted by atomic mass is 32.2. The number of nitrogens with zero attached hydrogens (tertiary/aromatic N) is 2. The molecule has 0 radical (unpaired) electrons. The van der Waals surface area contributed by atoms with E-state index in [1.165, 1.54) is 16.4 Å². The number of nitrogens with one attached hydrogen (secondary N) is 1. The molecular formula is C24H33N3O6S. The van der Waals surface area contributed by atoms with Gasteiger partial charge in [0.25, 0.3) is 5.91 Å². The summed E-state index contributed by atoms with van der Waals surface area (Å²) in [4.78, 5) is 15.3. The van der Waals surface area contributed by atoms with Crippen molar-refractivity contribution in [2.75, 3.05) is 45.9 Å². The largest absolute Gasteiger partial charge is 0.465 e. The van der Waals surface area contributed by atoms with Crippen LogP contribution in [0.4, 0.5) is 0 Å². The molecule has 9 nitrogen and oxygen atoms in total. The van der Waals surface area contributed by atoms with E-state index in [1.807, 2.05) is 32.9 Å². The van der Waals surface area contributed by atoms with E-state index in [2.05, 4.69) is 10.2 Å². The molecule has 2 aliphatic heterocycles. The van der Waals surface area contributed by atoms with Crippen LogP contribution in [0.15, 0.2) is 45.7 Å². The van der Waals surface area contributed by atoms with Crippen molar-refractivity contribution < 1.29 is 27.1 Å². The zero-order valence-electron chi connectivity index (χ0n) is 19.9. The molecule has 1 N–H and O–H groups in total. The molecule has 1 aromatic heterocycles. The number of hydrogen-bond donors (Lipinski definition) is 1. The van der Waals surface area contributed by atoms with Crippen LogP contribution in [0.1, 0.15) is 41.8 Å². The minimum atomic E-state index is -3.65. The van der Waals surface area contributed by atoms with E-state index in [1.54, 1.807) is 12.1 Å². The summed E-state index contributed by atoms with van der Waals surface area (Å²) in [5, 5.41) is 2.98. The van der Waals surface area contributed by atoms with Crippen LogP contribution >= 0.6 is 0 Å². The third-order valence-corrected chi connectivity index (χ3v) is 8.02. The smallest absolute Gasteiger partial charge is 0.251 e. The summed E-state index contributed by atoms with van der Waals surface area (Å²) in [6, 6.07) is 9.84. The Bertz CT molecular complexity index is 1070. The van der Waals surface area contributed by atoms with Crippen LogP contribution in [0.25, 0.3) is 0 Å². The molecule has 186 valence electrons. The van der Waals surface area contributed by atoms with Crippen LogP contribution in [-0.2, 0) is 19.5 Å². The second-order valence-electron chi connectivity index (χ2n) is 8.93. The molecule has 4 rings (SSSR count). The lowest BCUT2D eigenvalue weighted by Gasteiger charge is -2.34. The summed E-state index contributed by atoms with van der Waals surface area (Å²) in [5.74, 6) is 1.36. The van der Waals surface area contributed by atoms with Gasteiger partial charge in [0.05, 0.1) is 36.4 Å². The number of aryl methyl sites for hydroxylation is 1. The van der Waals surface area contributed by atoms with E-state index < -0.39 is 10.0 Å². The van der Waals surface area contributed by atoms with Gasteiger partial charge in [-0.3, -0.25) is 9.69 Å². The first kappa shape index (κ1) is 24.9. The van der Waals surface area contributed by atoms with Gasteiger partial charge in [0.2, 0.25) is 10.0 Å². The van der Waals surface area contributed by atoms with E-state index >= 15 is 0 Å². The number of hydrogen-bond acceptors (Lipinski definition) is 7. The lowest BCUT2D eigenvalue weighted by molar-refractivity contribution is -0.0440. The second-order valence-corrected chi connectivity index (χ2v) is 10.9. The molecule has 34 heavy (non-hydrogen) atoms. The van der Waals surface area contributed by atoms with E-state index in [4.69, 9.17) is 13.9 Å². The topological polar surface area (TPSA) is 101 Å². The van der Waals surface area contributed by atoms with Crippen molar-refractivity contribution >= 4 is 15.9 Å². The van der Waals surface area contributed by atoms with Crippen molar-refractivity contribution in [2.45, 2.75) is 43.9 Å². The molecule has 0 spiro atoms. The normalized spacial score (nSPS) is 23.5. The number of rotatable bonds is 7. The SMILES string of the molecule is Cc1ccc([C@H](CNC(=O)c2ccc(S(=O)(=O)N3C[C@@H](C)O[C@H](C)C3)cc2)N2CCOCC2)o1. The monoisotopic (exact) mass is 491 g/mol. The second kappa shape index (κ2) is 10.6. The lowest BCUT2D eigenvalue weighted by Crippen LogP contribution is -2.48. The first-order valence-electron chi connectivity index (χ1n) is 11.7. The summed E-state index contributed by atoms with van der Waals surface area (Å²) in [6.07, 6.45) is -0.332. The standard InChI is InChI=1S/C24H33N3O6S/c1-17-4-9-23(33-17)22(26-10-12-31-13-11-26)14-25-24(28)20-5-7-21(8-6-20)34(29,30)27-15-18(2)32-19(3)16-27/h4-9,18-19,22H,10-16H2,1-3H3,(H,25,28)/t18-,19-,22+/m1/s1. The zero-order valence-corrected chi connectivity index (χ0v) is 20.7. The van der Waals surface area contributed by atoms with Crippen molar-refractivity contribution in [2.24, 2.45) is 0 Å². The highest BCUT2D eigenvalue weighted by molar-refractivity contribution is 7.89. The van der Waals surface area contributed by atoms with Crippen LogP contribution in [-0.4, -0.2) is 81.7 Å². The van der Waals surface area contributed by atoms with Gasteiger partial charge in [-0.15, -0.1) is 0 Å². The number of carbonyl (C=O) groups excluding carboxylic acids is 1. The van der Waals surface area contributed by atoms with Crippen molar-refractivity contribution in [3.63, 3.8) is 0 Å². The Morgan fingerprint density at radius 3 is 2.29 bits per heavy atom. The first-order chi connectivity index (χ1) is 16.2. The molecular weight excluding hydrogens is 458 g/mol. The number of carbonyl (C=O) groups is 1. The Labute approximate surface area is 201 Å². The maximum Gasteiger partial charge on any atom is 0.251 e.